The Labute approximate surface area is 189 Å². The molecule has 0 atom stereocenters. The number of amides is 1. The van der Waals surface area contributed by atoms with Gasteiger partial charge in [0, 0.05) is 35.1 Å². The van der Waals surface area contributed by atoms with Crippen molar-refractivity contribution < 1.29 is 14.5 Å². The molecule has 0 aliphatic carbocycles. The van der Waals surface area contributed by atoms with Crippen molar-refractivity contribution in [2.75, 3.05) is 5.32 Å². The van der Waals surface area contributed by atoms with Gasteiger partial charge in [0.1, 0.15) is 23.7 Å². The molecule has 4 aromatic rings. The molecule has 2 aromatic heterocycles. The number of hydrogen-bond donors (Lipinski definition) is 1. The molecular formula is C23H20N6O4. The zero-order chi connectivity index (χ0) is 23.5. The van der Waals surface area contributed by atoms with Crippen LogP contribution in [0.15, 0.2) is 60.9 Å². The first-order chi connectivity index (χ1) is 15.8. The molecule has 1 N–H and O–H groups in total. The highest BCUT2D eigenvalue weighted by atomic mass is 16.6. The van der Waals surface area contributed by atoms with Gasteiger partial charge < -0.3 is 10.1 Å². The molecule has 0 saturated heterocycles. The van der Waals surface area contributed by atoms with Gasteiger partial charge in [0.15, 0.2) is 0 Å². The van der Waals surface area contributed by atoms with Crippen LogP contribution in [0.5, 0.6) is 11.6 Å². The fraction of sp³-hybridized carbons (Fsp3) is 0.130. The van der Waals surface area contributed by atoms with Gasteiger partial charge in [-0.3, -0.25) is 19.5 Å². The number of aryl methyl sites for hydroxylation is 2. The average molecular weight is 444 g/mol. The highest BCUT2D eigenvalue weighted by Crippen LogP contribution is 2.24. The molecule has 2 heterocycles. The van der Waals surface area contributed by atoms with Crippen LogP contribution in [0.2, 0.25) is 0 Å². The van der Waals surface area contributed by atoms with E-state index in [1.54, 1.807) is 43.6 Å². The van der Waals surface area contributed by atoms with Crippen molar-refractivity contribution in [3.63, 3.8) is 0 Å². The van der Waals surface area contributed by atoms with E-state index in [-0.39, 0.29) is 11.3 Å². The van der Waals surface area contributed by atoms with Gasteiger partial charge in [-0.1, -0.05) is 6.07 Å². The number of carbonyl (C=O) groups excluding carboxylic acids is 1. The van der Waals surface area contributed by atoms with E-state index >= 15 is 0 Å². The molecule has 1 amide bonds. The molecule has 0 aliphatic heterocycles. The quantitative estimate of drug-likeness (QED) is 0.342. The fourth-order valence-electron chi connectivity index (χ4n) is 3.12. The summed E-state index contributed by atoms with van der Waals surface area (Å²) in [5, 5.41) is 13.6. The molecule has 4 rings (SSSR count). The molecule has 166 valence electrons. The highest BCUT2D eigenvalue weighted by Gasteiger charge is 2.13. The minimum atomic E-state index is -0.543. The molecule has 0 fully saturated rings. The number of nitro groups is 1. The van der Waals surface area contributed by atoms with Crippen LogP contribution in [-0.4, -0.2) is 30.3 Å². The number of anilines is 1. The van der Waals surface area contributed by atoms with Crippen LogP contribution in [0.1, 0.15) is 27.6 Å². The van der Waals surface area contributed by atoms with Crippen LogP contribution in [0.4, 0.5) is 11.4 Å². The lowest BCUT2D eigenvalue weighted by atomic mass is 10.2. The summed E-state index contributed by atoms with van der Waals surface area (Å²) in [4.78, 5) is 35.9. The molecule has 10 heteroatoms. The van der Waals surface area contributed by atoms with Gasteiger partial charge in [-0.2, -0.15) is 4.98 Å². The van der Waals surface area contributed by atoms with E-state index in [0.29, 0.717) is 29.0 Å². The molecule has 33 heavy (non-hydrogen) atoms. The summed E-state index contributed by atoms with van der Waals surface area (Å²) in [5.41, 5.74) is 2.45. The summed E-state index contributed by atoms with van der Waals surface area (Å²) in [6, 6.07) is 14.0. The second-order valence-electron chi connectivity index (χ2n) is 7.28. The largest absolute Gasteiger partial charge is 0.439 e. The van der Waals surface area contributed by atoms with Crippen molar-refractivity contribution in [2.45, 2.75) is 20.8 Å². The molecule has 0 unspecified atom stereocenters. The van der Waals surface area contributed by atoms with Gasteiger partial charge >= 0.3 is 0 Å². The Balaban J connectivity index is 1.48. The zero-order valence-corrected chi connectivity index (χ0v) is 18.1. The molecule has 2 aromatic carbocycles. The summed E-state index contributed by atoms with van der Waals surface area (Å²) < 4.78 is 7.75. The van der Waals surface area contributed by atoms with E-state index in [9.17, 15) is 14.9 Å². The Bertz CT molecular complexity index is 1350. The highest BCUT2D eigenvalue weighted by molar-refractivity contribution is 6.04. The van der Waals surface area contributed by atoms with Crippen molar-refractivity contribution in [2.24, 2.45) is 0 Å². The average Bonchev–Trinajstić information content (AvgIpc) is 3.13. The van der Waals surface area contributed by atoms with E-state index in [4.69, 9.17) is 4.74 Å². The van der Waals surface area contributed by atoms with Crippen LogP contribution in [0, 0.1) is 30.9 Å². The Morgan fingerprint density at radius 3 is 2.48 bits per heavy atom. The maximum absolute atomic E-state index is 12.4. The summed E-state index contributed by atoms with van der Waals surface area (Å²) in [6.45, 7) is 5.67. The van der Waals surface area contributed by atoms with E-state index in [2.05, 4.69) is 20.3 Å². The van der Waals surface area contributed by atoms with Crippen LogP contribution in [0.3, 0.4) is 0 Å². The smallest absolute Gasteiger partial charge is 0.270 e. The number of aromatic nitrogens is 4. The van der Waals surface area contributed by atoms with Crippen molar-refractivity contribution in [1.82, 2.24) is 19.5 Å². The zero-order valence-electron chi connectivity index (χ0n) is 18.1. The lowest BCUT2D eigenvalue weighted by Gasteiger charge is -2.10. The number of nitrogens with one attached hydrogen (secondary N) is 1. The number of nitrogens with zero attached hydrogens (tertiary/aromatic N) is 5. The maximum atomic E-state index is 12.4. The molecule has 0 spiro atoms. The predicted molar refractivity (Wildman–Crippen MR) is 121 cm³/mol. The number of imidazole rings is 1. The summed E-state index contributed by atoms with van der Waals surface area (Å²) in [7, 11) is 0. The Kier molecular flexibility index (Phi) is 5.81. The van der Waals surface area contributed by atoms with E-state index < -0.39 is 10.8 Å². The second-order valence-corrected chi connectivity index (χ2v) is 7.28. The first-order valence-electron chi connectivity index (χ1n) is 10.0. The van der Waals surface area contributed by atoms with E-state index in [0.717, 1.165) is 11.4 Å². The molecular weight excluding hydrogens is 424 g/mol. The van der Waals surface area contributed by atoms with Crippen molar-refractivity contribution >= 4 is 17.3 Å². The summed E-state index contributed by atoms with van der Waals surface area (Å²) in [6.07, 6.45) is 1.70. The Hall–Kier alpha value is -4.60. The number of ether oxygens (including phenoxy) is 1. The van der Waals surface area contributed by atoms with Crippen molar-refractivity contribution in [3.05, 3.63) is 93.8 Å². The number of nitro benzene ring substituents is 1. The minimum Gasteiger partial charge on any atom is -0.439 e. The first-order valence-corrected chi connectivity index (χ1v) is 10.0. The lowest BCUT2D eigenvalue weighted by molar-refractivity contribution is -0.384. The van der Waals surface area contributed by atoms with Gasteiger partial charge in [0.2, 0.25) is 5.88 Å². The first kappa shape index (κ1) is 21.6. The molecule has 0 aliphatic rings. The molecule has 0 bridgehead atoms. The SMILES string of the molecule is Cc1nc(Oc2ccc(NC(=O)c3cccc([N+](=O)[O-])c3)cc2)cc(-n2cnc(C)c2C)n1. The number of benzene rings is 2. The van der Waals surface area contributed by atoms with Crippen molar-refractivity contribution in [1.29, 1.82) is 0 Å². The van der Waals surface area contributed by atoms with Crippen LogP contribution >= 0.6 is 0 Å². The monoisotopic (exact) mass is 444 g/mol. The number of hydrogen-bond acceptors (Lipinski definition) is 7. The van der Waals surface area contributed by atoms with Gasteiger partial charge in [-0.15, -0.1) is 0 Å². The van der Waals surface area contributed by atoms with Gasteiger partial charge in [-0.25, -0.2) is 9.97 Å². The van der Waals surface area contributed by atoms with Gasteiger partial charge in [-0.05, 0) is 51.1 Å². The van der Waals surface area contributed by atoms with E-state index in [1.165, 1.54) is 24.3 Å². The van der Waals surface area contributed by atoms with E-state index in [1.807, 2.05) is 18.4 Å². The van der Waals surface area contributed by atoms with Crippen molar-refractivity contribution in [3.8, 4) is 17.4 Å². The van der Waals surface area contributed by atoms with Gasteiger partial charge in [0.25, 0.3) is 11.6 Å². The van der Waals surface area contributed by atoms with Crippen LogP contribution < -0.4 is 10.1 Å². The van der Waals surface area contributed by atoms with Crippen LogP contribution in [0.25, 0.3) is 5.82 Å². The van der Waals surface area contributed by atoms with Crippen LogP contribution in [-0.2, 0) is 0 Å². The summed E-state index contributed by atoms with van der Waals surface area (Å²) in [5.74, 6) is 1.64. The predicted octanol–water partition coefficient (Wildman–Crippen LogP) is 4.54. The third kappa shape index (κ3) is 4.85. The minimum absolute atomic E-state index is 0.146. The standard InChI is InChI=1S/C23H20N6O4/c1-14-15(2)28(13-24-14)21-12-22(26-16(3)25-21)33-20-9-7-18(8-10-20)27-23(30)17-5-4-6-19(11-17)29(31)32/h4-13H,1-3H3,(H,27,30). The Morgan fingerprint density at radius 1 is 1.06 bits per heavy atom. The molecule has 0 saturated carbocycles. The molecule has 0 radical (unpaired) electrons. The number of rotatable bonds is 6. The number of carbonyl (C=O) groups is 1. The third-order valence-electron chi connectivity index (χ3n) is 4.95. The normalized spacial score (nSPS) is 10.6. The topological polar surface area (TPSA) is 125 Å². The second kappa shape index (κ2) is 8.87. The lowest BCUT2D eigenvalue weighted by Crippen LogP contribution is -2.12. The molecule has 10 nitrogen and oxygen atoms in total. The fourth-order valence-corrected chi connectivity index (χ4v) is 3.12. The third-order valence-corrected chi connectivity index (χ3v) is 4.95. The van der Waals surface area contributed by atoms with Gasteiger partial charge in [0.05, 0.1) is 10.6 Å². The number of non-ortho nitro benzene ring substituents is 1. The Morgan fingerprint density at radius 2 is 1.82 bits per heavy atom. The summed E-state index contributed by atoms with van der Waals surface area (Å²) >= 11 is 0. The maximum Gasteiger partial charge on any atom is 0.270 e.